The molecule has 0 radical (unpaired) electrons. The molecule has 2 aromatic rings. The highest BCUT2D eigenvalue weighted by atomic mass is 16.4. The van der Waals surface area contributed by atoms with Crippen molar-refractivity contribution in [3.63, 3.8) is 0 Å². The molecule has 0 bridgehead atoms. The van der Waals surface area contributed by atoms with Gasteiger partial charge in [-0.05, 0) is 64.4 Å². The van der Waals surface area contributed by atoms with Gasteiger partial charge in [0.1, 0.15) is 5.58 Å². The van der Waals surface area contributed by atoms with Crippen LogP contribution in [0.4, 0.5) is 0 Å². The quantitative estimate of drug-likeness (QED) is 0.587. The summed E-state index contributed by atoms with van der Waals surface area (Å²) in [5, 5.41) is 4.08. The fourth-order valence-electron chi connectivity index (χ4n) is 4.55. The van der Waals surface area contributed by atoms with Crippen molar-refractivity contribution in [3.05, 3.63) is 45.3 Å². The van der Waals surface area contributed by atoms with Crippen LogP contribution in [-0.4, -0.2) is 37.0 Å². The van der Waals surface area contributed by atoms with Crippen LogP contribution in [0.1, 0.15) is 61.6 Å². The van der Waals surface area contributed by atoms with E-state index >= 15 is 0 Å². The van der Waals surface area contributed by atoms with Crippen molar-refractivity contribution in [3.8, 4) is 0 Å². The number of fused-ring (bicyclic) bond motifs is 1. The Balaban J connectivity index is 1.66. The van der Waals surface area contributed by atoms with E-state index in [1.165, 1.54) is 25.7 Å². The number of hydrogen-bond donors (Lipinski definition) is 1. The zero-order valence-electron chi connectivity index (χ0n) is 18.3. The molecular formula is C24H34N2O3. The van der Waals surface area contributed by atoms with Gasteiger partial charge in [-0.25, -0.2) is 4.79 Å². The molecule has 3 rings (SSSR count). The Bertz CT molecular complexity index is 922. The third-order valence-corrected chi connectivity index (χ3v) is 6.64. The molecule has 158 valence electrons. The summed E-state index contributed by atoms with van der Waals surface area (Å²) >= 11 is 0. The highest BCUT2D eigenvalue weighted by molar-refractivity contribution is 5.82. The van der Waals surface area contributed by atoms with Crippen molar-refractivity contribution in [2.75, 3.05) is 20.6 Å². The summed E-state index contributed by atoms with van der Waals surface area (Å²) in [4.78, 5) is 27.3. The highest BCUT2D eigenvalue weighted by Gasteiger charge is 2.33. The Morgan fingerprint density at radius 3 is 2.48 bits per heavy atom. The molecule has 1 aliphatic carbocycles. The summed E-state index contributed by atoms with van der Waals surface area (Å²) in [6.07, 6.45) is 7.92. The lowest BCUT2D eigenvalue weighted by Gasteiger charge is -2.39. The van der Waals surface area contributed by atoms with E-state index in [9.17, 15) is 9.59 Å². The van der Waals surface area contributed by atoms with Crippen molar-refractivity contribution in [2.24, 2.45) is 0 Å². The molecule has 5 heteroatoms. The summed E-state index contributed by atoms with van der Waals surface area (Å²) in [5.74, 6) is -0.00160. The molecule has 0 aliphatic heterocycles. The van der Waals surface area contributed by atoms with Gasteiger partial charge in [-0.3, -0.25) is 4.79 Å². The summed E-state index contributed by atoms with van der Waals surface area (Å²) in [7, 11) is 4.23. The lowest BCUT2D eigenvalue weighted by molar-refractivity contribution is -0.121. The second-order valence-corrected chi connectivity index (χ2v) is 8.80. The fraction of sp³-hybridized carbons (Fsp3) is 0.583. The van der Waals surface area contributed by atoms with Gasteiger partial charge in [0.25, 0.3) is 0 Å². The van der Waals surface area contributed by atoms with Crippen LogP contribution in [0.5, 0.6) is 0 Å². The Hall–Kier alpha value is -2.14. The first-order chi connectivity index (χ1) is 13.8. The van der Waals surface area contributed by atoms with Crippen molar-refractivity contribution < 1.29 is 9.21 Å². The Morgan fingerprint density at radius 2 is 1.83 bits per heavy atom. The zero-order valence-corrected chi connectivity index (χ0v) is 18.3. The fourth-order valence-corrected chi connectivity index (χ4v) is 4.55. The number of hydrogen-bond acceptors (Lipinski definition) is 4. The predicted molar refractivity (Wildman–Crippen MR) is 117 cm³/mol. The van der Waals surface area contributed by atoms with Crippen LogP contribution < -0.4 is 10.9 Å². The largest absolute Gasteiger partial charge is 0.423 e. The smallest absolute Gasteiger partial charge is 0.339 e. The van der Waals surface area contributed by atoms with Crippen LogP contribution >= 0.6 is 0 Å². The van der Waals surface area contributed by atoms with E-state index in [4.69, 9.17) is 4.42 Å². The second kappa shape index (κ2) is 9.12. The van der Waals surface area contributed by atoms with Crippen molar-refractivity contribution in [1.82, 2.24) is 10.2 Å². The molecule has 1 fully saturated rings. The molecule has 1 heterocycles. The standard InChI is InChI=1S/C24H34N2O3/c1-17-9-10-19-18(2)20(23(28)29-21(19)15-17)11-12-22(27)25-16-24(26(3)4)13-7-5-6-8-14-24/h9-10,15H,5-8,11-14,16H2,1-4H3,(H,25,27). The van der Waals surface area contributed by atoms with E-state index in [1.54, 1.807) is 0 Å². The lowest BCUT2D eigenvalue weighted by Crippen LogP contribution is -2.52. The summed E-state index contributed by atoms with van der Waals surface area (Å²) in [6.45, 7) is 4.58. The average molecular weight is 399 g/mol. The molecule has 1 aromatic carbocycles. The Morgan fingerprint density at radius 1 is 1.14 bits per heavy atom. The summed E-state index contributed by atoms with van der Waals surface area (Å²) in [6, 6.07) is 5.88. The third kappa shape index (κ3) is 4.89. The van der Waals surface area contributed by atoms with Gasteiger partial charge in [0.2, 0.25) is 5.91 Å². The molecule has 5 nitrogen and oxygen atoms in total. The van der Waals surface area contributed by atoms with Gasteiger partial charge in [0, 0.05) is 29.5 Å². The zero-order chi connectivity index (χ0) is 21.0. The number of amides is 1. The van der Waals surface area contributed by atoms with Gasteiger partial charge >= 0.3 is 5.63 Å². The van der Waals surface area contributed by atoms with Gasteiger partial charge in [0.05, 0.1) is 0 Å². The Labute approximate surface area is 173 Å². The van der Waals surface area contributed by atoms with E-state index in [0.717, 1.165) is 29.4 Å². The minimum atomic E-state index is -0.332. The number of carbonyl (C=O) groups excluding carboxylic acids is 1. The van der Waals surface area contributed by atoms with Crippen molar-refractivity contribution in [2.45, 2.75) is 70.8 Å². The van der Waals surface area contributed by atoms with Crippen molar-refractivity contribution in [1.29, 1.82) is 0 Å². The number of nitrogens with zero attached hydrogens (tertiary/aromatic N) is 1. The summed E-state index contributed by atoms with van der Waals surface area (Å²) in [5.41, 5.74) is 2.90. The number of nitrogens with one attached hydrogen (secondary N) is 1. The highest BCUT2D eigenvalue weighted by Crippen LogP contribution is 2.30. The molecule has 1 amide bonds. The minimum Gasteiger partial charge on any atom is -0.423 e. The molecular weight excluding hydrogens is 364 g/mol. The monoisotopic (exact) mass is 398 g/mol. The van der Waals surface area contributed by atoms with Gasteiger partial charge in [0.15, 0.2) is 0 Å². The molecule has 1 N–H and O–H groups in total. The van der Waals surface area contributed by atoms with Gasteiger partial charge in [-0.2, -0.15) is 0 Å². The maximum Gasteiger partial charge on any atom is 0.339 e. The third-order valence-electron chi connectivity index (χ3n) is 6.64. The second-order valence-electron chi connectivity index (χ2n) is 8.80. The molecule has 29 heavy (non-hydrogen) atoms. The first-order valence-electron chi connectivity index (χ1n) is 10.8. The molecule has 0 spiro atoms. The van der Waals surface area contributed by atoms with Gasteiger partial charge in [-0.15, -0.1) is 0 Å². The maximum atomic E-state index is 12.6. The SMILES string of the molecule is Cc1ccc2c(C)c(CCC(=O)NCC3(N(C)C)CCCCCC3)c(=O)oc2c1. The van der Waals surface area contributed by atoms with E-state index in [2.05, 4.69) is 24.3 Å². The van der Waals surface area contributed by atoms with Crippen LogP contribution in [-0.2, 0) is 11.2 Å². The lowest BCUT2D eigenvalue weighted by atomic mass is 9.88. The Kier molecular flexibility index (Phi) is 6.78. The molecule has 0 unspecified atom stereocenters. The number of rotatable bonds is 6. The first-order valence-corrected chi connectivity index (χ1v) is 10.8. The summed E-state index contributed by atoms with van der Waals surface area (Å²) < 4.78 is 5.51. The number of likely N-dealkylation sites (N-methyl/N-ethyl adjacent to an activating group) is 1. The molecule has 1 aromatic heterocycles. The number of benzene rings is 1. The van der Waals surface area contributed by atoms with Gasteiger partial charge in [-0.1, -0.05) is 37.8 Å². The molecule has 0 atom stereocenters. The normalized spacial score (nSPS) is 16.7. The minimum absolute atomic E-state index is 0.00160. The van der Waals surface area contributed by atoms with E-state index < -0.39 is 0 Å². The van der Waals surface area contributed by atoms with Crippen LogP contribution in [0.2, 0.25) is 0 Å². The van der Waals surface area contributed by atoms with Crippen molar-refractivity contribution >= 4 is 16.9 Å². The average Bonchev–Trinajstić information content (AvgIpc) is 2.92. The topological polar surface area (TPSA) is 62.6 Å². The van der Waals surface area contributed by atoms with E-state index in [-0.39, 0.29) is 17.1 Å². The maximum absolute atomic E-state index is 12.6. The molecule has 1 saturated carbocycles. The van der Waals surface area contributed by atoms with E-state index in [1.807, 2.05) is 32.0 Å². The number of aryl methyl sites for hydroxylation is 2. The molecule has 1 aliphatic rings. The van der Waals surface area contributed by atoms with E-state index in [0.29, 0.717) is 30.5 Å². The number of carbonyl (C=O) groups is 1. The van der Waals surface area contributed by atoms with Crippen LogP contribution in [0.25, 0.3) is 11.0 Å². The van der Waals surface area contributed by atoms with Crippen LogP contribution in [0, 0.1) is 13.8 Å². The van der Waals surface area contributed by atoms with Crippen LogP contribution in [0.3, 0.4) is 0 Å². The predicted octanol–water partition coefficient (Wildman–Crippen LogP) is 4.11. The molecule has 0 saturated heterocycles. The van der Waals surface area contributed by atoms with Gasteiger partial charge < -0.3 is 14.6 Å². The van der Waals surface area contributed by atoms with Crippen LogP contribution in [0.15, 0.2) is 27.4 Å². The first kappa shape index (κ1) is 21.6.